The van der Waals surface area contributed by atoms with E-state index >= 15 is 0 Å². The van der Waals surface area contributed by atoms with Crippen molar-refractivity contribution in [3.05, 3.63) is 70.8 Å². The Labute approximate surface area is 171 Å². The zero-order chi connectivity index (χ0) is 19.5. The molecular weight excluding hydrogens is 368 g/mol. The van der Waals surface area contributed by atoms with Crippen molar-refractivity contribution in [2.45, 2.75) is 39.0 Å². The lowest BCUT2D eigenvalue weighted by Crippen LogP contribution is -2.37. The van der Waals surface area contributed by atoms with Crippen LogP contribution in [0, 0.1) is 6.92 Å². The SMILES string of the molecule is Cc1ccc(C2=NC(CSCC(=O)N3CCc4ccccc4C3)C(C)O2)cc1. The first-order valence-electron chi connectivity index (χ1n) is 9.84. The van der Waals surface area contributed by atoms with Gasteiger partial charge in [-0.1, -0.05) is 42.0 Å². The van der Waals surface area contributed by atoms with E-state index in [4.69, 9.17) is 9.73 Å². The monoisotopic (exact) mass is 394 g/mol. The lowest BCUT2D eigenvalue weighted by Gasteiger charge is -2.29. The van der Waals surface area contributed by atoms with Crippen LogP contribution in [0.5, 0.6) is 0 Å². The predicted molar refractivity (Wildman–Crippen MR) is 115 cm³/mol. The molecule has 4 nitrogen and oxygen atoms in total. The Hall–Kier alpha value is -2.27. The summed E-state index contributed by atoms with van der Waals surface area (Å²) in [5.41, 5.74) is 4.89. The van der Waals surface area contributed by atoms with E-state index in [9.17, 15) is 4.79 Å². The first kappa shape index (κ1) is 19.1. The Kier molecular flexibility index (Phi) is 5.72. The number of hydrogen-bond acceptors (Lipinski definition) is 4. The molecule has 0 radical (unpaired) electrons. The minimum atomic E-state index is 0.0424. The smallest absolute Gasteiger partial charge is 0.232 e. The quantitative estimate of drug-likeness (QED) is 0.774. The molecule has 2 aromatic rings. The van der Waals surface area contributed by atoms with Gasteiger partial charge in [-0.2, -0.15) is 0 Å². The van der Waals surface area contributed by atoms with Gasteiger partial charge in [-0.15, -0.1) is 11.8 Å². The highest BCUT2D eigenvalue weighted by atomic mass is 32.2. The summed E-state index contributed by atoms with van der Waals surface area (Å²) in [6.45, 7) is 5.67. The van der Waals surface area contributed by atoms with Crippen molar-refractivity contribution < 1.29 is 9.53 Å². The maximum Gasteiger partial charge on any atom is 0.232 e. The third-order valence-electron chi connectivity index (χ3n) is 5.42. The van der Waals surface area contributed by atoms with Gasteiger partial charge < -0.3 is 9.64 Å². The highest BCUT2D eigenvalue weighted by Crippen LogP contribution is 2.23. The standard InChI is InChI=1S/C23H26N2O2S/c1-16-7-9-19(10-8-16)23-24-21(17(2)27-23)14-28-15-22(26)25-12-11-18-5-3-4-6-20(18)13-25/h3-10,17,21H,11-15H2,1-2H3. The predicted octanol–water partition coefficient (Wildman–Crippen LogP) is 3.85. The molecule has 0 N–H and O–H groups in total. The first-order chi connectivity index (χ1) is 13.6. The zero-order valence-corrected chi connectivity index (χ0v) is 17.2. The number of benzene rings is 2. The number of aryl methyl sites for hydroxylation is 1. The minimum Gasteiger partial charge on any atom is -0.472 e. The fourth-order valence-electron chi connectivity index (χ4n) is 3.62. The molecule has 146 valence electrons. The number of hydrogen-bond donors (Lipinski definition) is 0. The molecule has 0 fully saturated rings. The van der Waals surface area contributed by atoms with E-state index in [0.717, 1.165) is 36.7 Å². The highest BCUT2D eigenvalue weighted by molar-refractivity contribution is 8.00. The average molecular weight is 395 g/mol. The van der Waals surface area contributed by atoms with E-state index in [0.29, 0.717) is 5.75 Å². The summed E-state index contributed by atoms with van der Waals surface area (Å²) < 4.78 is 5.95. The van der Waals surface area contributed by atoms with Crippen LogP contribution in [0.4, 0.5) is 0 Å². The van der Waals surface area contributed by atoms with Gasteiger partial charge in [0.2, 0.25) is 11.8 Å². The molecule has 0 spiro atoms. The van der Waals surface area contributed by atoms with Crippen molar-refractivity contribution in [2.24, 2.45) is 4.99 Å². The first-order valence-corrected chi connectivity index (χ1v) is 11.0. The van der Waals surface area contributed by atoms with Gasteiger partial charge >= 0.3 is 0 Å². The van der Waals surface area contributed by atoms with E-state index in [1.165, 1.54) is 16.7 Å². The van der Waals surface area contributed by atoms with E-state index in [1.807, 2.05) is 23.1 Å². The lowest BCUT2D eigenvalue weighted by atomic mass is 10.00. The lowest BCUT2D eigenvalue weighted by molar-refractivity contribution is -0.129. The van der Waals surface area contributed by atoms with Crippen LogP contribution in [0.15, 0.2) is 53.5 Å². The van der Waals surface area contributed by atoms with Crippen molar-refractivity contribution >= 4 is 23.6 Å². The molecule has 2 heterocycles. The number of rotatable bonds is 5. The fraction of sp³-hybridized carbons (Fsp3) is 0.391. The summed E-state index contributed by atoms with van der Waals surface area (Å²) in [5.74, 6) is 2.24. The van der Waals surface area contributed by atoms with Crippen LogP contribution in [0.2, 0.25) is 0 Å². The minimum absolute atomic E-state index is 0.0424. The third kappa shape index (κ3) is 4.25. The molecule has 2 aliphatic rings. The molecule has 0 saturated heterocycles. The second-order valence-electron chi connectivity index (χ2n) is 7.54. The second-order valence-corrected chi connectivity index (χ2v) is 8.57. The number of amides is 1. The molecule has 4 rings (SSSR count). The van der Waals surface area contributed by atoms with Gasteiger partial charge in [-0.25, -0.2) is 4.99 Å². The summed E-state index contributed by atoms with van der Waals surface area (Å²) in [6.07, 6.45) is 0.991. The molecule has 0 bridgehead atoms. The topological polar surface area (TPSA) is 41.9 Å². The second kappa shape index (κ2) is 8.39. The van der Waals surface area contributed by atoms with Gasteiger partial charge in [0.05, 0.1) is 11.8 Å². The molecule has 0 saturated carbocycles. The Morgan fingerprint density at radius 1 is 1.18 bits per heavy atom. The molecule has 2 unspecified atom stereocenters. The largest absolute Gasteiger partial charge is 0.472 e. The summed E-state index contributed by atoms with van der Waals surface area (Å²) in [7, 11) is 0. The fourth-order valence-corrected chi connectivity index (χ4v) is 4.68. The van der Waals surface area contributed by atoms with E-state index in [-0.39, 0.29) is 18.1 Å². The summed E-state index contributed by atoms with van der Waals surface area (Å²) >= 11 is 1.66. The highest BCUT2D eigenvalue weighted by Gasteiger charge is 2.28. The number of nitrogens with zero attached hydrogens (tertiary/aromatic N) is 2. The normalized spacial score (nSPS) is 21.1. The molecule has 5 heteroatoms. The van der Waals surface area contributed by atoms with Gasteiger partial charge in [0.15, 0.2) is 0 Å². The number of aliphatic imine (C=N–C) groups is 1. The van der Waals surface area contributed by atoms with Gasteiger partial charge in [0, 0.05) is 24.4 Å². The van der Waals surface area contributed by atoms with Crippen LogP contribution in [-0.2, 0) is 22.5 Å². The number of ether oxygens (including phenoxy) is 1. The molecule has 2 aliphatic heterocycles. The van der Waals surface area contributed by atoms with Crippen molar-refractivity contribution in [1.82, 2.24) is 4.90 Å². The molecular formula is C23H26N2O2S. The van der Waals surface area contributed by atoms with E-state index in [1.54, 1.807) is 11.8 Å². The summed E-state index contributed by atoms with van der Waals surface area (Å²) in [4.78, 5) is 19.4. The molecule has 28 heavy (non-hydrogen) atoms. The zero-order valence-electron chi connectivity index (χ0n) is 16.4. The molecule has 2 atom stereocenters. The van der Waals surface area contributed by atoms with Crippen molar-refractivity contribution in [2.75, 3.05) is 18.1 Å². The Balaban J connectivity index is 1.29. The third-order valence-corrected chi connectivity index (χ3v) is 6.45. The molecule has 2 aromatic carbocycles. The van der Waals surface area contributed by atoms with Crippen LogP contribution in [0.1, 0.15) is 29.2 Å². The molecule has 1 amide bonds. The van der Waals surface area contributed by atoms with Crippen LogP contribution in [-0.4, -0.2) is 46.9 Å². The van der Waals surface area contributed by atoms with Gasteiger partial charge in [0.1, 0.15) is 6.10 Å². The van der Waals surface area contributed by atoms with Crippen LogP contribution < -0.4 is 0 Å². The van der Waals surface area contributed by atoms with Crippen LogP contribution >= 0.6 is 11.8 Å². The average Bonchev–Trinajstić information content (AvgIpc) is 3.08. The summed E-state index contributed by atoms with van der Waals surface area (Å²) in [6, 6.07) is 16.7. The number of carbonyl (C=O) groups is 1. The number of thioether (sulfide) groups is 1. The Morgan fingerprint density at radius 2 is 1.93 bits per heavy atom. The Morgan fingerprint density at radius 3 is 2.71 bits per heavy atom. The van der Waals surface area contributed by atoms with Crippen molar-refractivity contribution in [3.8, 4) is 0 Å². The van der Waals surface area contributed by atoms with Crippen LogP contribution in [0.25, 0.3) is 0 Å². The van der Waals surface area contributed by atoms with E-state index in [2.05, 4.69) is 44.2 Å². The maximum atomic E-state index is 12.6. The van der Waals surface area contributed by atoms with Crippen molar-refractivity contribution in [1.29, 1.82) is 0 Å². The molecule has 0 aliphatic carbocycles. The maximum absolute atomic E-state index is 12.6. The number of carbonyl (C=O) groups excluding carboxylic acids is 1. The van der Waals surface area contributed by atoms with E-state index < -0.39 is 0 Å². The van der Waals surface area contributed by atoms with Gasteiger partial charge in [-0.05, 0) is 43.5 Å². The number of fused-ring (bicyclic) bond motifs is 1. The molecule has 0 aromatic heterocycles. The van der Waals surface area contributed by atoms with Gasteiger partial charge in [-0.3, -0.25) is 4.79 Å². The van der Waals surface area contributed by atoms with Gasteiger partial charge in [0.25, 0.3) is 0 Å². The van der Waals surface area contributed by atoms with Crippen molar-refractivity contribution in [3.63, 3.8) is 0 Å². The summed E-state index contributed by atoms with van der Waals surface area (Å²) in [5, 5.41) is 0. The Bertz CT molecular complexity index is 878. The van der Waals surface area contributed by atoms with Crippen LogP contribution in [0.3, 0.4) is 0 Å².